The molecule has 0 fully saturated rings. The smallest absolute Gasteiger partial charge is 0.377 e. The molecule has 0 atom stereocenters. The first-order valence-corrected chi connectivity index (χ1v) is 2.42. The molecule has 0 aliphatic carbocycles. The van der Waals surface area contributed by atoms with Crippen molar-refractivity contribution >= 4 is 24.4 Å². The number of thiol groups is 1. The Kier molecular flexibility index (Phi) is 2.80. The molecule has 0 heterocycles. The van der Waals surface area contributed by atoms with Gasteiger partial charge in [0.2, 0.25) is 0 Å². The molecule has 9 heavy (non-hydrogen) atoms. The molecule has 0 amide bonds. The van der Waals surface area contributed by atoms with E-state index in [1.54, 1.807) is 0 Å². The predicted molar refractivity (Wildman–Crippen MR) is 33.9 cm³/mol. The minimum absolute atomic E-state index is 0.262. The van der Waals surface area contributed by atoms with Gasteiger partial charge in [-0.25, -0.2) is 4.79 Å². The normalized spacial score (nSPS) is 11.0. The van der Waals surface area contributed by atoms with Gasteiger partial charge in [0.15, 0.2) is 0 Å². The van der Waals surface area contributed by atoms with Gasteiger partial charge in [0, 0.05) is 6.20 Å². The Bertz CT molecular complexity index is 175. The van der Waals surface area contributed by atoms with E-state index in [0.717, 1.165) is 6.20 Å². The van der Waals surface area contributed by atoms with Crippen LogP contribution < -0.4 is 5.73 Å². The summed E-state index contributed by atoms with van der Waals surface area (Å²) < 4.78 is 0. The molecule has 4 nitrogen and oxygen atoms in total. The molecule has 0 aromatic rings. The number of nitrogens with two attached hydrogens (primary N) is 1. The van der Waals surface area contributed by atoms with Crippen molar-refractivity contribution in [2.45, 2.75) is 0 Å². The van der Waals surface area contributed by atoms with Crippen molar-refractivity contribution in [1.29, 1.82) is 0 Å². The SMILES string of the molecule is N/C=C(\S)C(=O)C(=O)O. The Morgan fingerprint density at radius 3 is 2.11 bits per heavy atom. The predicted octanol–water partition coefficient (Wildman–Crippen LogP) is -0.630. The van der Waals surface area contributed by atoms with Crippen LogP contribution in [-0.2, 0) is 9.59 Å². The minimum Gasteiger partial charge on any atom is -0.475 e. The molecule has 0 saturated heterocycles. The van der Waals surface area contributed by atoms with Crippen LogP contribution in [-0.4, -0.2) is 16.9 Å². The average molecular weight is 147 g/mol. The van der Waals surface area contributed by atoms with E-state index >= 15 is 0 Å². The first kappa shape index (κ1) is 8.03. The van der Waals surface area contributed by atoms with Crippen LogP contribution in [0.3, 0.4) is 0 Å². The first-order chi connectivity index (χ1) is 4.09. The summed E-state index contributed by atoms with van der Waals surface area (Å²) in [4.78, 5) is 19.8. The molecule has 0 aliphatic heterocycles. The maximum Gasteiger partial charge on any atom is 0.377 e. The molecule has 0 spiro atoms. The number of carbonyl (C=O) groups excluding carboxylic acids is 1. The van der Waals surface area contributed by atoms with Gasteiger partial charge < -0.3 is 10.8 Å². The van der Waals surface area contributed by atoms with Crippen LogP contribution in [0.5, 0.6) is 0 Å². The summed E-state index contributed by atoms with van der Waals surface area (Å²) in [6.45, 7) is 0. The van der Waals surface area contributed by atoms with Crippen LogP contribution >= 0.6 is 12.6 Å². The molecule has 0 unspecified atom stereocenters. The highest BCUT2D eigenvalue weighted by molar-refractivity contribution is 7.85. The maximum absolute atomic E-state index is 10.2. The van der Waals surface area contributed by atoms with Gasteiger partial charge in [0.05, 0.1) is 4.91 Å². The first-order valence-electron chi connectivity index (χ1n) is 1.98. The number of carbonyl (C=O) groups is 2. The molecule has 50 valence electrons. The fraction of sp³-hybridized carbons (Fsp3) is 0. The molecule has 0 aromatic heterocycles. The molecule has 3 N–H and O–H groups in total. The number of Topliss-reactive ketones (excluding diaryl/α,β-unsaturated/α-hetero) is 1. The number of aliphatic carboxylic acids is 1. The monoisotopic (exact) mass is 147 g/mol. The number of carboxylic acids is 1. The fourth-order valence-corrected chi connectivity index (χ4v) is 0.281. The number of hydrogen-bond acceptors (Lipinski definition) is 4. The minimum atomic E-state index is -1.55. The quantitative estimate of drug-likeness (QED) is 0.276. The second-order valence-corrected chi connectivity index (χ2v) is 1.67. The van der Waals surface area contributed by atoms with E-state index in [-0.39, 0.29) is 4.91 Å². The van der Waals surface area contributed by atoms with Gasteiger partial charge in [0.1, 0.15) is 0 Å². The molecular weight excluding hydrogens is 142 g/mol. The van der Waals surface area contributed by atoms with Crippen LogP contribution in [0.25, 0.3) is 0 Å². The van der Waals surface area contributed by atoms with E-state index in [4.69, 9.17) is 10.8 Å². The van der Waals surface area contributed by atoms with Gasteiger partial charge >= 0.3 is 5.97 Å². The van der Waals surface area contributed by atoms with Crippen LogP contribution in [0.15, 0.2) is 11.1 Å². The highest BCUT2D eigenvalue weighted by Crippen LogP contribution is 1.98. The standard InChI is InChI=1S/C4H5NO3S/c5-1-2(9)3(6)4(7)8/h1,9H,5H2,(H,7,8)/b2-1-. The average Bonchev–Trinajstić information content (AvgIpc) is 1.84. The molecule has 0 radical (unpaired) electrons. The zero-order valence-electron chi connectivity index (χ0n) is 4.37. The fourth-order valence-electron chi connectivity index (χ4n) is 0.185. The van der Waals surface area contributed by atoms with Crippen molar-refractivity contribution in [1.82, 2.24) is 0 Å². The third kappa shape index (κ3) is 2.18. The zero-order chi connectivity index (χ0) is 7.44. The van der Waals surface area contributed by atoms with E-state index in [2.05, 4.69) is 12.6 Å². The Labute approximate surface area is 56.8 Å². The topological polar surface area (TPSA) is 80.4 Å². The summed E-state index contributed by atoms with van der Waals surface area (Å²) >= 11 is 3.47. The van der Waals surface area contributed by atoms with E-state index in [9.17, 15) is 9.59 Å². The maximum atomic E-state index is 10.2. The molecule has 0 aliphatic rings. The van der Waals surface area contributed by atoms with Gasteiger partial charge in [-0.1, -0.05) is 0 Å². The second-order valence-electron chi connectivity index (χ2n) is 1.19. The lowest BCUT2D eigenvalue weighted by Crippen LogP contribution is -2.12. The molecular formula is C4H5NO3S. The van der Waals surface area contributed by atoms with Crippen molar-refractivity contribution in [3.63, 3.8) is 0 Å². The van der Waals surface area contributed by atoms with E-state index in [1.165, 1.54) is 0 Å². The summed E-state index contributed by atoms with van der Waals surface area (Å²) in [6, 6.07) is 0. The molecule has 0 saturated carbocycles. The lowest BCUT2D eigenvalue weighted by molar-refractivity contribution is -0.146. The van der Waals surface area contributed by atoms with Crippen LogP contribution in [0.2, 0.25) is 0 Å². The van der Waals surface area contributed by atoms with E-state index < -0.39 is 11.8 Å². The Morgan fingerprint density at radius 1 is 1.56 bits per heavy atom. The second kappa shape index (κ2) is 3.13. The van der Waals surface area contributed by atoms with Gasteiger partial charge in [0.25, 0.3) is 5.78 Å². The summed E-state index contributed by atoms with van der Waals surface area (Å²) in [5.41, 5.74) is 4.79. The van der Waals surface area contributed by atoms with Gasteiger partial charge in [-0.2, -0.15) is 0 Å². The zero-order valence-corrected chi connectivity index (χ0v) is 5.26. The third-order valence-corrected chi connectivity index (χ3v) is 0.937. The summed E-state index contributed by atoms with van der Waals surface area (Å²) in [7, 11) is 0. The summed E-state index contributed by atoms with van der Waals surface area (Å²) in [5.74, 6) is -2.65. The van der Waals surface area contributed by atoms with E-state index in [1.807, 2.05) is 0 Å². The van der Waals surface area contributed by atoms with Gasteiger partial charge in [-0.3, -0.25) is 4.79 Å². The largest absolute Gasteiger partial charge is 0.475 e. The molecule has 0 rings (SSSR count). The Morgan fingerprint density at radius 2 is 2.00 bits per heavy atom. The highest BCUT2D eigenvalue weighted by Gasteiger charge is 2.12. The third-order valence-electron chi connectivity index (χ3n) is 0.585. The summed E-state index contributed by atoms with van der Waals surface area (Å²) in [5, 5.41) is 7.99. The van der Waals surface area contributed by atoms with Crippen molar-refractivity contribution in [2.75, 3.05) is 0 Å². The highest BCUT2D eigenvalue weighted by atomic mass is 32.1. The van der Waals surface area contributed by atoms with Crippen LogP contribution in [0.4, 0.5) is 0 Å². The van der Waals surface area contributed by atoms with Crippen molar-refractivity contribution in [3.05, 3.63) is 11.1 Å². The van der Waals surface area contributed by atoms with Crippen molar-refractivity contribution in [3.8, 4) is 0 Å². The van der Waals surface area contributed by atoms with E-state index in [0.29, 0.717) is 0 Å². The molecule has 5 heteroatoms. The lowest BCUT2D eigenvalue weighted by atomic mass is 10.4. The molecule has 0 bridgehead atoms. The van der Waals surface area contributed by atoms with Crippen LogP contribution in [0.1, 0.15) is 0 Å². The lowest BCUT2D eigenvalue weighted by Gasteiger charge is -1.88. The van der Waals surface area contributed by atoms with Crippen molar-refractivity contribution in [2.24, 2.45) is 5.73 Å². The number of hydrogen-bond donors (Lipinski definition) is 3. The van der Waals surface area contributed by atoms with Crippen LogP contribution in [0, 0.1) is 0 Å². The number of rotatable bonds is 2. The number of ketones is 1. The summed E-state index contributed by atoms with van der Waals surface area (Å²) in [6.07, 6.45) is 0.833. The van der Waals surface area contributed by atoms with Gasteiger partial charge in [-0.05, 0) is 0 Å². The number of carboxylic acid groups (broad SMARTS) is 1. The van der Waals surface area contributed by atoms with Gasteiger partial charge in [-0.15, -0.1) is 12.6 Å². The Hall–Kier alpha value is -0.970. The molecule has 0 aromatic carbocycles. The Balaban J connectivity index is 4.23. The van der Waals surface area contributed by atoms with Crippen molar-refractivity contribution < 1.29 is 14.7 Å².